The van der Waals surface area contributed by atoms with E-state index in [9.17, 15) is 13.2 Å². The number of ether oxygens (including phenoxy) is 1. The lowest BCUT2D eigenvalue weighted by Crippen LogP contribution is -2.04. The molecule has 0 spiro atoms. The molecule has 2 aromatic rings. The van der Waals surface area contributed by atoms with Crippen LogP contribution >= 0.6 is 11.6 Å². The number of hydrogen-bond acceptors (Lipinski definition) is 2. The van der Waals surface area contributed by atoms with E-state index in [1.807, 2.05) is 0 Å². The standard InChI is InChI=1S/C14H11ClF3NO/c15-13-7-12(5-4-9(13)8-19)20-11-3-1-2-10(6-11)14(16,17)18/h1-7H,8,19H2. The summed E-state index contributed by atoms with van der Waals surface area (Å²) in [5, 5.41) is 0.414. The van der Waals surface area contributed by atoms with Gasteiger partial charge in [0.2, 0.25) is 0 Å². The van der Waals surface area contributed by atoms with Gasteiger partial charge in [-0.05, 0) is 35.9 Å². The molecule has 2 nitrogen and oxygen atoms in total. The Morgan fingerprint density at radius 3 is 2.35 bits per heavy atom. The Kier molecular flexibility index (Phi) is 4.20. The van der Waals surface area contributed by atoms with Crippen LogP contribution in [0.15, 0.2) is 42.5 Å². The van der Waals surface area contributed by atoms with E-state index >= 15 is 0 Å². The predicted molar refractivity (Wildman–Crippen MR) is 70.9 cm³/mol. The molecule has 0 aliphatic rings. The van der Waals surface area contributed by atoms with E-state index in [0.29, 0.717) is 10.8 Å². The molecule has 0 saturated carbocycles. The molecule has 2 N–H and O–H groups in total. The molecule has 2 rings (SSSR count). The molecule has 0 aliphatic carbocycles. The molecule has 0 bridgehead atoms. The SMILES string of the molecule is NCc1ccc(Oc2cccc(C(F)(F)F)c2)cc1Cl. The first-order chi connectivity index (χ1) is 9.40. The zero-order valence-corrected chi connectivity index (χ0v) is 11.0. The Labute approximate surface area is 118 Å². The van der Waals surface area contributed by atoms with Crippen molar-refractivity contribution < 1.29 is 17.9 Å². The van der Waals surface area contributed by atoms with Crippen molar-refractivity contribution in [3.8, 4) is 11.5 Å². The first-order valence-corrected chi connectivity index (χ1v) is 6.11. The molecular formula is C14H11ClF3NO. The number of hydrogen-bond donors (Lipinski definition) is 1. The number of benzene rings is 2. The lowest BCUT2D eigenvalue weighted by Gasteiger charge is -2.11. The molecule has 0 fully saturated rings. The van der Waals surface area contributed by atoms with Crippen molar-refractivity contribution in [2.75, 3.05) is 0 Å². The van der Waals surface area contributed by atoms with E-state index in [4.69, 9.17) is 22.1 Å². The fraction of sp³-hybridized carbons (Fsp3) is 0.143. The van der Waals surface area contributed by atoms with Gasteiger partial charge < -0.3 is 10.5 Å². The van der Waals surface area contributed by atoms with E-state index in [1.165, 1.54) is 18.2 Å². The van der Waals surface area contributed by atoms with Crippen LogP contribution in [0, 0.1) is 0 Å². The molecule has 0 amide bonds. The molecule has 106 valence electrons. The van der Waals surface area contributed by atoms with Crippen LogP contribution in [0.1, 0.15) is 11.1 Å². The maximum absolute atomic E-state index is 12.6. The summed E-state index contributed by atoms with van der Waals surface area (Å²) in [5.41, 5.74) is 5.45. The monoisotopic (exact) mass is 301 g/mol. The highest BCUT2D eigenvalue weighted by atomic mass is 35.5. The van der Waals surface area contributed by atoms with Crippen molar-refractivity contribution in [2.45, 2.75) is 12.7 Å². The molecular weight excluding hydrogens is 291 g/mol. The van der Waals surface area contributed by atoms with Crippen LogP contribution in [-0.4, -0.2) is 0 Å². The summed E-state index contributed by atoms with van der Waals surface area (Å²) >= 11 is 5.96. The van der Waals surface area contributed by atoms with Gasteiger partial charge in [0.1, 0.15) is 11.5 Å². The summed E-state index contributed by atoms with van der Waals surface area (Å²) in [5.74, 6) is 0.447. The van der Waals surface area contributed by atoms with Crippen molar-refractivity contribution in [1.82, 2.24) is 0 Å². The van der Waals surface area contributed by atoms with Gasteiger partial charge in [0.15, 0.2) is 0 Å². The summed E-state index contributed by atoms with van der Waals surface area (Å²) in [4.78, 5) is 0. The number of rotatable bonds is 3. The third-order valence-corrected chi connectivity index (χ3v) is 2.99. The van der Waals surface area contributed by atoms with E-state index in [-0.39, 0.29) is 12.3 Å². The molecule has 20 heavy (non-hydrogen) atoms. The minimum atomic E-state index is -4.40. The first-order valence-electron chi connectivity index (χ1n) is 5.74. The molecule has 2 aromatic carbocycles. The van der Waals surface area contributed by atoms with Gasteiger partial charge in [0.05, 0.1) is 5.56 Å². The minimum Gasteiger partial charge on any atom is -0.457 e. The molecule has 0 aromatic heterocycles. The van der Waals surface area contributed by atoms with Gasteiger partial charge in [-0.25, -0.2) is 0 Å². The lowest BCUT2D eigenvalue weighted by atomic mass is 10.2. The Hall–Kier alpha value is -1.72. The highest BCUT2D eigenvalue weighted by molar-refractivity contribution is 6.31. The summed E-state index contributed by atoms with van der Waals surface area (Å²) < 4.78 is 43.1. The van der Waals surface area contributed by atoms with Gasteiger partial charge in [0.25, 0.3) is 0 Å². The van der Waals surface area contributed by atoms with Gasteiger partial charge in [0, 0.05) is 11.6 Å². The van der Waals surface area contributed by atoms with Gasteiger partial charge in [-0.3, -0.25) is 0 Å². The highest BCUT2D eigenvalue weighted by Crippen LogP contribution is 2.33. The van der Waals surface area contributed by atoms with Crippen molar-refractivity contribution in [1.29, 1.82) is 0 Å². The Bertz CT molecular complexity index is 614. The van der Waals surface area contributed by atoms with Gasteiger partial charge in [-0.15, -0.1) is 0 Å². The predicted octanol–water partition coefficient (Wildman–Crippen LogP) is 4.61. The number of alkyl halides is 3. The highest BCUT2D eigenvalue weighted by Gasteiger charge is 2.30. The lowest BCUT2D eigenvalue weighted by molar-refractivity contribution is -0.137. The molecule has 0 unspecified atom stereocenters. The second-order valence-corrected chi connectivity index (χ2v) is 4.49. The molecule has 0 atom stereocenters. The smallest absolute Gasteiger partial charge is 0.416 e. The second-order valence-electron chi connectivity index (χ2n) is 4.08. The third-order valence-electron chi connectivity index (χ3n) is 2.64. The van der Waals surface area contributed by atoms with Crippen LogP contribution in [0.4, 0.5) is 13.2 Å². The van der Waals surface area contributed by atoms with Crippen LogP contribution < -0.4 is 10.5 Å². The zero-order valence-electron chi connectivity index (χ0n) is 10.2. The van der Waals surface area contributed by atoms with Crippen molar-refractivity contribution in [2.24, 2.45) is 5.73 Å². The maximum atomic E-state index is 12.6. The molecule has 0 saturated heterocycles. The Morgan fingerprint density at radius 2 is 1.75 bits per heavy atom. The van der Waals surface area contributed by atoms with Crippen LogP contribution in [0.25, 0.3) is 0 Å². The summed E-state index contributed by atoms with van der Waals surface area (Å²) in [6.45, 7) is 0.280. The van der Waals surface area contributed by atoms with Gasteiger partial charge in [-0.2, -0.15) is 13.2 Å². The zero-order chi connectivity index (χ0) is 14.8. The maximum Gasteiger partial charge on any atom is 0.416 e. The van der Waals surface area contributed by atoms with Crippen LogP contribution in [-0.2, 0) is 12.7 Å². The Balaban J connectivity index is 2.24. The quantitative estimate of drug-likeness (QED) is 0.898. The molecule has 0 aliphatic heterocycles. The molecule has 0 radical (unpaired) electrons. The van der Waals surface area contributed by atoms with Crippen molar-refractivity contribution in [3.63, 3.8) is 0 Å². The van der Waals surface area contributed by atoms with E-state index in [0.717, 1.165) is 17.7 Å². The average molecular weight is 302 g/mol. The fourth-order valence-corrected chi connectivity index (χ4v) is 1.88. The first kappa shape index (κ1) is 14.7. The van der Waals surface area contributed by atoms with E-state index in [2.05, 4.69) is 0 Å². The summed E-state index contributed by atoms with van der Waals surface area (Å²) in [6.07, 6.45) is -4.40. The number of halogens is 4. The third kappa shape index (κ3) is 3.43. The van der Waals surface area contributed by atoms with E-state index < -0.39 is 11.7 Å². The van der Waals surface area contributed by atoms with Gasteiger partial charge >= 0.3 is 6.18 Å². The normalized spacial score (nSPS) is 11.4. The molecule has 0 heterocycles. The van der Waals surface area contributed by atoms with Crippen molar-refractivity contribution >= 4 is 11.6 Å². The van der Waals surface area contributed by atoms with Gasteiger partial charge in [-0.1, -0.05) is 23.7 Å². The van der Waals surface area contributed by atoms with Crippen LogP contribution in [0.2, 0.25) is 5.02 Å². The van der Waals surface area contributed by atoms with Crippen LogP contribution in [0.3, 0.4) is 0 Å². The average Bonchev–Trinajstić information content (AvgIpc) is 2.38. The Morgan fingerprint density at radius 1 is 1.05 bits per heavy atom. The number of nitrogens with two attached hydrogens (primary N) is 1. The summed E-state index contributed by atoms with van der Waals surface area (Å²) in [6, 6.07) is 9.44. The second kappa shape index (κ2) is 5.73. The van der Waals surface area contributed by atoms with Crippen LogP contribution in [0.5, 0.6) is 11.5 Å². The summed E-state index contributed by atoms with van der Waals surface area (Å²) in [7, 11) is 0. The van der Waals surface area contributed by atoms with Crippen molar-refractivity contribution in [3.05, 3.63) is 58.6 Å². The minimum absolute atomic E-state index is 0.0939. The topological polar surface area (TPSA) is 35.2 Å². The largest absolute Gasteiger partial charge is 0.457 e. The molecule has 6 heteroatoms. The fourth-order valence-electron chi connectivity index (χ4n) is 1.63. The van der Waals surface area contributed by atoms with E-state index in [1.54, 1.807) is 12.1 Å².